The normalized spacial score (nSPS) is 14.2. The minimum absolute atomic E-state index is 0.0244. The molecule has 0 saturated carbocycles. The molecule has 0 bridgehead atoms. The third-order valence-electron chi connectivity index (χ3n) is 3.33. The zero-order valence-corrected chi connectivity index (χ0v) is 12.6. The molecule has 0 aliphatic heterocycles. The summed E-state index contributed by atoms with van der Waals surface area (Å²) >= 11 is 6.31. The van der Waals surface area contributed by atoms with Gasteiger partial charge in [0.05, 0.1) is 11.7 Å². The summed E-state index contributed by atoms with van der Waals surface area (Å²) in [5.41, 5.74) is 8.25. The summed E-state index contributed by atoms with van der Waals surface area (Å²) in [5.74, 6) is 0. The zero-order valence-electron chi connectivity index (χ0n) is 11.8. The fourth-order valence-electron chi connectivity index (χ4n) is 2.48. The summed E-state index contributed by atoms with van der Waals surface area (Å²) in [5, 5.41) is 0.752. The number of halogens is 1. The molecule has 0 aliphatic rings. The molecule has 2 rings (SSSR count). The van der Waals surface area contributed by atoms with Gasteiger partial charge in [-0.15, -0.1) is 0 Å². The maximum absolute atomic E-state index is 6.31. The van der Waals surface area contributed by atoms with Crippen molar-refractivity contribution in [2.24, 2.45) is 5.73 Å². The Morgan fingerprint density at radius 1 is 1.20 bits per heavy atom. The highest BCUT2D eigenvalue weighted by Gasteiger charge is 2.23. The molecule has 20 heavy (non-hydrogen) atoms. The first-order chi connectivity index (χ1) is 9.59. The lowest BCUT2D eigenvalue weighted by atomic mass is 9.99. The van der Waals surface area contributed by atoms with E-state index in [2.05, 4.69) is 9.88 Å². The molecular formula is C16H20ClN3. The molecule has 2 N–H and O–H groups in total. The SMILES string of the molecule is CC(N)C(c1ccccc1Cl)N(C)Cc1ccccn1. The van der Waals surface area contributed by atoms with Gasteiger partial charge < -0.3 is 5.73 Å². The Balaban J connectivity index is 2.23. The molecule has 1 aromatic carbocycles. The highest BCUT2D eigenvalue weighted by molar-refractivity contribution is 6.31. The van der Waals surface area contributed by atoms with Crippen LogP contribution >= 0.6 is 11.6 Å². The maximum atomic E-state index is 6.31. The smallest absolute Gasteiger partial charge is 0.0544 e. The van der Waals surface area contributed by atoms with Gasteiger partial charge in [0.25, 0.3) is 0 Å². The van der Waals surface area contributed by atoms with Gasteiger partial charge in [-0.1, -0.05) is 35.9 Å². The molecule has 3 nitrogen and oxygen atoms in total. The standard InChI is InChI=1S/C16H20ClN3/c1-12(18)16(14-8-3-4-9-15(14)17)20(2)11-13-7-5-6-10-19-13/h3-10,12,16H,11,18H2,1-2H3. The minimum atomic E-state index is -0.0244. The van der Waals surface area contributed by atoms with Crippen LogP contribution in [0.2, 0.25) is 5.02 Å². The van der Waals surface area contributed by atoms with Crippen LogP contribution in [0.3, 0.4) is 0 Å². The van der Waals surface area contributed by atoms with E-state index in [1.165, 1.54) is 0 Å². The molecule has 0 amide bonds. The average molecular weight is 290 g/mol. The Morgan fingerprint density at radius 3 is 2.50 bits per heavy atom. The summed E-state index contributed by atoms with van der Waals surface area (Å²) in [6.45, 7) is 2.74. The van der Waals surface area contributed by atoms with Gasteiger partial charge in [0, 0.05) is 23.8 Å². The maximum Gasteiger partial charge on any atom is 0.0544 e. The van der Waals surface area contributed by atoms with Gasteiger partial charge in [-0.25, -0.2) is 0 Å². The van der Waals surface area contributed by atoms with Gasteiger partial charge in [-0.05, 0) is 37.7 Å². The van der Waals surface area contributed by atoms with Gasteiger partial charge in [0.1, 0.15) is 0 Å². The lowest BCUT2D eigenvalue weighted by Crippen LogP contribution is -2.37. The molecule has 0 spiro atoms. The number of nitrogens with two attached hydrogens (primary N) is 1. The van der Waals surface area contributed by atoms with Crippen molar-refractivity contribution >= 4 is 11.6 Å². The molecule has 2 atom stereocenters. The summed E-state index contributed by atoms with van der Waals surface area (Å²) in [6.07, 6.45) is 1.81. The summed E-state index contributed by atoms with van der Waals surface area (Å²) in [7, 11) is 2.05. The molecule has 0 aliphatic carbocycles. The van der Waals surface area contributed by atoms with Crippen LogP contribution in [0.25, 0.3) is 0 Å². The van der Waals surface area contributed by atoms with E-state index in [9.17, 15) is 0 Å². The predicted molar refractivity (Wildman–Crippen MR) is 83.5 cm³/mol. The van der Waals surface area contributed by atoms with E-state index in [1.54, 1.807) is 6.20 Å². The van der Waals surface area contributed by atoms with E-state index in [4.69, 9.17) is 17.3 Å². The molecule has 0 fully saturated rings. The molecule has 4 heteroatoms. The fraction of sp³-hybridized carbons (Fsp3) is 0.312. The fourth-order valence-corrected chi connectivity index (χ4v) is 2.73. The van der Waals surface area contributed by atoms with Crippen LogP contribution < -0.4 is 5.73 Å². The third-order valence-corrected chi connectivity index (χ3v) is 3.68. The van der Waals surface area contributed by atoms with Crippen LogP contribution in [-0.4, -0.2) is 23.0 Å². The Labute approximate surface area is 125 Å². The second-order valence-corrected chi connectivity index (χ2v) is 5.47. The van der Waals surface area contributed by atoms with Crippen LogP contribution in [0.5, 0.6) is 0 Å². The number of hydrogen-bond acceptors (Lipinski definition) is 3. The zero-order chi connectivity index (χ0) is 14.5. The summed E-state index contributed by atoms with van der Waals surface area (Å²) in [6, 6.07) is 13.8. The monoisotopic (exact) mass is 289 g/mol. The molecule has 0 radical (unpaired) electrons. The van der Waals surface area contributed by atoms with Gasteiger partial charge in [-0.3, -0.25) is 9.88 Å². The molecule has 2 unspecified atom stereocenters. The number of rotatable bonds is 5. The molecule has 2 aromatic rings. The first kappa shape index (κ1) is 15.0. The molecule has 1 heterocycles. The van der Waals surface area contributed by atoms with E-state index in [0.717, 1.165) is 22.8 Å². The van der Waals surface area contributed by atoms with E-state index in [-0.39, 0.29) is 12.1 Å². The van der Waals surface area contributed by atoms with Crippen molar-refractivity contribution in [1.29, 1.82) is 0 Å². The van der Waals surface area contributed by atoms with Crippen molar-refractivity contribution in [2.45, 2.75) is 25.6 Å². The second-order valence-electron chi connectivity index (χ2n) is 5.06. The van der Waals surface area contributed by atoms with Crippen LogP contribution in [0.15, 0.2) is 48.7 Å². The lowest BCUT2D eigenvalue weighted by Gasteiger charge is -2.31. The Bertz CT molecular complexity index is 542. The number of pyridine rings is 1. The van der Waals surface area contributed by atoms with Crippen LogP contribution in [-0.2, 0) is 6.54 Å². The summed E-state index contributed by atoms with van der Waals surface area (Å²) < 4.78 is 0. The van der Waals surface area contributed by atoms with Crippen molar-refractivity contribution in [3.8, 4) is 0 Å². The number of aromatic nitrogens is 1. The number of nitrogens with zero attached hydrogens (tertiary/aromatic N) is 2. The summed E-state index contributed by atoms with van der Waals surface area (Å²) in [4.78, 5) is 6.55. The molecule has 106 valence electrons. The highest BCUT2D eigenvalue weighted by atomic mass is 35.5. The lowest BCUT2D eigenvalue weighted by molar-refractivity contribution is 0.209. The van der Waals surface area contributed by atoms with Gasteiger partial charge >= 0.3 is 0 Å². The topological polar surface area (TPSA) is 42.1 Å². The van der Waals surface area contributed by atoms with Crippen LogP contribution in [0.1, 0.15) is 24.2 Å². The van der Waals surface area contributed by atoms with Gasteiger partial charge in [0.15, 0.2) is 0 Å². The highest BCUT2D eigenvalue weighted by Crippen LogP contribution is 2.29. The van der Waals surface area contributed by atoms with Crippen molar-refractivity contribution in [3.63, 3.8) is 0 Å². The minimum Gasteiger partial charge on any atom is -0.326 e. The van der Waals surface area contributed by atoms with Crippen molar-refractivity contribution in [3.05, 3.63) is 64.9 Å². The molecule has 0 saturated heterocycles. The predicted octanol–water partition coefficient (Wildman–Crippen LogP) is 3.26. The third kappa shape index (κ3) is 3.57. The number of benzene rings is 1. The largest absolute Gasteiger partial charge is 0.326 e. The van der Waals surface area contributed by atoms with E-state index < -0.39 is 0 Å². The van der Waals surface area contributed by atoms with Gasteiger partial charge in [-0.2, -0.15) is 0 Å². The van der Waals surface area contributed by atoms with Crippen molar-refractivity contribution in [2.75, 3.05) is 7.05 Å². The van der Waals surface area contributed by atoms with E-state index in [1.807, 2.05) is 56.4 Å². The van der Waals surface area contributed by atoms with Crippen LogP contribution in [0.4, 0.5) is 0 Å². The Hall–Kier alpha value is -1.42. The Kier molecular flexibility index (Phi) is 5.12. The van der Waals surface area contributed by atoms with Crippen molar-refractivity contribution < 1.29 is 0 Å². The number of hydrogen-bond donors (Lipinski definition) is 1. The first-order valence-corrected chi connectivity index (χ1v) is 7.07. The van der Waals surface area contributed by atoms with E-state index in [0.29, 0.717) is 0 Å². The quantitative estimate of drug-likeness (QED) is 0.919. The van der Waals surface area contributed by atoms with E-state index >= 15 is 0 Å². The molecular weight excluding hydrogens is 270 g/mol. The Morgan fingerprint density at radius 2 is 1.90 bits per heavy atom. The average Bonchev–Trinajstić information content (AvgIpc) is 2.42. The second kappa shape index (κ2) is 6.84. The number of likely N-dealkylation sites (N-methyl/N-ethyl adjacent to an activating group) is 1. The van der Waals surface area contributed by atoms with Gasteiger partial charge in [0.2, 0.25) is 0 Å². The first-order valence-electron chi connectivity index (χ1n) is 6.69. The van der Waals surface area contributed by atoms with Crippen molar-refractivity contribution in [1.82, 2.24) is 9.88 Å². The molecule has 1 aromatic heterocycles. The van der Waals surface area contributed by atoms with Crippen LogP contribution in [0, 0.1) is 0 Å².